The van der Waals surface area contributed by atoms with Gasteiger partial charge in [0.15, 0.2) is 0 Å². The molecular formula is C15H27N3O2S. The van der Waals surface area contributed by atoms with Gasteiger partial charge in [-0.05, 0) is 18.4 Å². The van der Waals surface area contributed by atoms with Crippen LogP contribution in [0.25, 0.3) is 0 Å². The number of thioether (sulfide) groups is 1. The molecule has 0 bridgehead atoms. The van der Waals surface area contributed by atoms with Gasteiger partial charge in [-0.3, -0.25) is 9.59 Å². The molecule has 2 aliphatic rings. The molecule has 21 heavy (non-hydrogen) atoms. The zero-order chi connectivity index (χ0) is 15.5. The van der Waals surface area contributed by atoms with Crippen LogP contribution < -0.4 is 5.32 Å². The number of nitrogens with one attached hydrogen (secondary N) is 1. The summed E-state index contributed by atoms with van der Waals surface area (Å²) in [5, 5.41) is 3.31. The molecule has 120 valence electrons. The summed E-state index contributed by atoms with van der Waals surface area (Å²) >= 11 is 1.68. The summed E-state index contributed by atoms with van der Waals surface area (Å²) in [7, 11) is 0. The number of amides is 2. The van der Waals surface area contributed by atoms with Crippen molar-refractivity contribution in [3.63, 3.8) is 0 Å². The standard InChI is InChI=1S/C15H27N3O2S/c1-15(2,3)9-13(19)18-11-21-10-12(18)14(20)17-7-4-5-16-6-8-17/h12,16H,4-11H2,1-3H3. The van der Waals surface area contributed by atoms with Crippen LogP contribution in [-0.2, 0) is 9.59 Å². The minimum atomic E-state index is -0.261. The first kappa shape index (κ1) is 16.6. The van der Waals surface area contributed by atoms with Crippen molar-refractivity contribution in [3.8, 4) is 0 Å². The van der Waals surface area contributed by atoms with E-state index >= 15 is 0 Å². The van der Waals surface area contributed by atoms with Crippen LogP contribution in [-0.4, -0.2) is 65.5 Å². The maximum Gasteiger partial charge on any atom is 0.246 e. The van der Waals surface area contributed by atoms with Crippen molar-refractivity contribution >= 4 is 23.6 Å². The molecule has 1 atom stereocenters. The van der Waals surface area contributed by atoms with Gasteiger partial charge in [-0.15, -0.1) is 11.8 Å². The Hall–Kier alpha value is -0.750. The van der Waals surface area contributed by atoms with Crippen LogP contribution in [0.4, 0.5) is 0 Å². The Morgan fingerprint density at radius 1 is 1.24 bits per heavy atom. The SMILES string of the molecule is CC(C)(C)CC(=O)N1CSCC1C(=O)N1CCCNCC1. The van der Waals surface area contributed by atoms with Crippen molar-refractivity contribution in [3.05, 3.63) is 0 Å². The molecule has 0 radical (unpaired) electrons. The summed E-state index contributed by atoms with van der Waals surface area (Å²) in [6.07, 6.45) is 1.49. The van der Waals surface area contributed by atoms with E-state index in [1.807, 2.05) is 4.90 Å². The molecule has 2 amide bonds. The van der Waals surface area contributed by atoms with Gasteiger partial charge in [-0.25, -0.2) is 0 Å². The van der Waals surface area contributed by atoms with Crippen LogP contribution in [0, 0.1) is 5.41 Å². The first-order chi connectivity index (χ1) is 9.88. The molecule has 0 saturated carbocycles. The average molecular weight is 313 g/mol. The van der Waals surface area contributed by atoms with Gasteiger partial charge < -0.3 is 15.1 Å². The van der Waals surface area contributed by atoms with E-state index in [-0.39, 0.29) is 23.3 Å². The molecule has 2 heterocycles. The molecule has 0 aliphatic carbocycles. The van der Waals surface area contributed by atoms with Gasteiger partial charge in [0.05, 0.1) is 5.88 Å². The number of rotatable bonds is 2. The number of nitrogens with zero attached hydrogens (tertiary/aromatic N) is 2. The van der Waals surface area contributed by atoms with E-state index < -0.39 is 0 Å². The maximum absolute atomic E-state index is 12.7. The zero-order valence-electron chi connectivity index (χ0n) is 13.4. The summed E-state index contributed by atoms with van der Waals surface area (Å²) in [6, 6.07) is -0.261. The predicted octanol–water partition coefficient (Wildman–Crippen LogP) is 1.15. The Morgan fingerprint density at radius 3 is 2.71 bits per heavy atom. The number of carbonyl (C=O) groups excluding carboxylic acids is 2. The fourth-order valence-corrected chi connectivity index (χ4v) is 3.90. The quantitative estimate of drug-likeness (QED) is 0.831. The van der Waals surface area contributed by atoms with Gasteiger partial charge in [0.25, 0.3) is 0 Å². The van der Waals surface area contributed by atoms with Crippen LogP contribution in [0.1, 0.15) is 33.6 Å². The first-order valence-corrected chi connectivity index (χ1v) is 8.91. The van der Waals surface area contributed by atoms with Crippen molar-refractivity contribution in [1.29, 1.82) is 0 Å². The summed E-state index contributed by atoms with van der Waals surface area (Å²) < 4.78 is 0. The Labute approximate surface area is 131 Å². The largest absolute Gasteiger partial charge is 0.340 e. The maximum atomic E-state index is 12.7. The van der Waals surface area contributed by atoms with Crippen LogP contribution in [0.3, 0.4) is 0 Å². The monoisotopic (exact) mass is 313 g/mol. The number of hydrogen-bond donors (Lipinski definition) is 1. The molecule has 0 aromatic heterocycles. The lowest BCUT2D eigenvalue weighted by molar-refractivity contribution is -0.144. The Bertz CT molecular complexity index is 387. The van der Waals surface area contributed by atoms with E-state index in [1.165, 1.54) is 0 Å². The van der Waals surface area contributed by atoms with Crippen molar-refractivity contribution in [1.82, 2.24) is 15.1 Å². The molecule has 5 nitrogen and oxygen atoms in total. The van der Waals surface area contributed by atoms with E-state index in [4.69, 9.17) is 0 Å². The van der Waals surface area contributed by atoms with Gasteiger partial charge in [-0.2, -0.15) is 0 Å². The molecule has 2 rings (SSSR count). The van der Waals surface area contributed by atoms with E-state index in [1.54, 1.807) is 16.7 Å². The minimum absolute atomic E-state index is 0.0372. The molecule has 0 spiro atoms. The second kappa shape index (κ2) is 7.01. The van der Waals surface area contributed by atoms with E-state index in [2.05, 4.69) is 26.1 Å². The summed E-state index contributed by atoms with van der Waals surface area (Å²) in [4.78, 5) is 28.9. The average Bonchev–Trinajstić information content (AvgIpc) is 2.71. The first-order valence-electron chi connectivity index (χ1n) is 7.75. The third kappa shape index (κ3) is 4.61. The lowest BCUT2D eigenvalue weighted by atomic mass is 9.91. The highest BCUT2D eigenvalue weighted by Crippen LogP contribution is 2.27. The van der Waals surface area contributed by atoms with Crippen molar-refractivity contribution in [2.24, 2.45) is 5.41 Å². The highest BCUT2D eigenvalue weighted by Gasteiger charge is 2.37. The summed E-state index contributed by atoms with van der Waals surface area (Å²) in [5.74, 6) is 1.63. The lowest BCUT2D eigenvalue weighted by Crippen LogP contribution is -2.50. The molecule has 0 aromatic carbocycles. The third-order valence-electron chi connectivity index (χ3n) is 3.82. The second-order valence-electron chi connectivity index (χ2n) is 7.05. The van der Waals surface area contributed by atoms with Gasteiger partial charge in [0, 0.05) is 31.8 Å². The fraction of sp³-hybridized carbons (Fsp3) is 0.867. The highest BCUT2D eigenvalue weighted by atomic mass is 32.2. The summed E-state index contributed by atoms with van der Waals surface area (Å²) in [6.45, 7) is 9.55. The van der Waals surface area contributed by atoms with E-state index in [9.17, 15) is 9.59 Å². The van der Waals surface area contributed by atoms with Gasteiger partial charge >= 0.3 is 0 Å². The molecule has 1 N–H and O–H groups in total. The lowest BCUT2D eigenvalue weighted by Gasteiger charge is -2.30. The predicted molar refractivity (Wildman–Crippen MR) is 86.1 cm³/mol. The molecule has 2 aliphatic heterocycles. The van der Waals surface area contributed by atoms with Crippen molar-refractivity contribution in [2.75, 3.05) is 37.8 Å². The van der Waals surface area contributed by atoms with Crippen molar-refractivity contribution < 1.29 is 9.59 Å². The molecule has 2 fully saturated rings. The Morgan fingerprint density at radius 2 is 2.00 bits per heavy atom. The zero-order valence-corrected chi connectivity index (χ0v) is 14.2. The van der Waals surface area contributed by atoms with Crippen LogP contribution in [0.5, 0.6) is 0 Å². The summed E-state index contributed by atoms with van der Waals surface area (Å²) in [5.41, 5.74) is -0.0372. The topological polar surface area (TPSA) is 52.7 Å². The van der Waals surface area contributed by atoms with Gasteiger partial charge in [0.1, 0.15) is 6.04 Å². The molecule has 1 unspecified atom stereocenters. The minimum Gasteiger partial charge on any atom is -0.340 e. The number of carbonyl (C=O) groups is 2. The van der Waals surface area contributed by atoms with Crippen LogP contribution in [0.2, 0.25) is 0 Å². The molecular weight excluding hydrogens is 286 g/mol. The molecule has 2 saturated heterocycles. The second-order valence-corrected chi connectivity index (χ2v) is 8.05. The van der Waals surface area contributed by atoms with E-state index in [0.29, 0.717) is 12.3 Å². The van der Waals surface area contributed by atoms with Gasteiger partial charge in [0.2, 0.25) is 11.8 Å². The number of hydrogen-bond acceptors (Lipinski definition) is 4. The Kier molecular flexibility index (Phi) is 5.54. The highest BCUT2D eigenvalue weighted by molar-refractivity contribution is 7.99. The fourth-order valence-electron chi connectivity index (χ4n) is 2.73. The van der Waals surface area contributed by atoms with Crippen molar-refractivity contribution in [2.45, 2.75) is 39.7 Å². The molecule has 6 heteroatoms. The van der Waals surface area contributed by atoms with Crippen LogP contribution >= 0.6 is 11.8 Å². The third-order valence-corrected chi connectivity index (χ3v) is 4.83. The van der Waals surface area contributed by atoms with Gasteiger partial charge in [-0.1, -0.05) is 20.8 Å². The molecule has 0 aromatic rings. The normalized spacial score (nSPS) is 24.0. The Balaban J connectivity index is 2.00. The van der Waals surface area contributed by atoms with E-state index in [0.717, 1.165) is 38.4 Å². The smallest absolute Gasteiger partial charge is 0.246 e. The van der Waals surface area contributed by atoms with Crippen LogP contribution in [0.15, 0.2) is 0 Å².